The van der Waals surface area contributed by atoms with Gasteiger partial charge in [0, 0.05) is 13.0 Å². The number of nitrogens with zero attached hydrogens (tertiary/aromatic N) is 1. The Labute approximate surface area is 153 Å². The number of carbonyl (C=O) groups excluding carboxylic acids is 3. The van der Waals surface area contributed by atoms with Gasteiger partial charge in [0.15, 0.2) is 0 Å². The normalized spacial score (nSPS) is 17.7. The minimum absolute atomic E-state index is 0.287. The highest BCUT2D eigenvalue weighted by Gasteiger charge is 2.37. The molecule has 7 nitrogen and oxygen atoms in total. The first kappa shape index (κ1) is 19.8. The first-order valence-electron chi connectivity index (χ1n) is 8.57. The van der Waals surface area contributed by atoms with Crippen molar-refractivity contribution in [3.63, 3.8) is 0 Å². The highest BCUT2D eigenvalue weighted by Crippen LogP contribution is 2.24. The van der Waals surface area contributed by atoms with Gasteiger partial charge < -0.3 is 19.7 Å². The number of amides is 2. The van der Waals surface area contributed by atoms with Gasteiger partial charge in [-0.3, -0.25) is 4.79 Å². The van der Waals surface area contributed by atoms with Crippen molar-refractivity contribution in [2.75, 3.05) is 7.11 Å². The van der Waals surface area contributed by atoms with E-state index in [1.807, 2.05) is 24.3 Å². The van der Waals surface area contributed by atoms with Gasteiger partial charge in [0.1, 0.15) is 17.7 Å². The molecule has 1 aliphatic rings. The van der Waals surface area contributed by atoms with E-state index >= 15 is 0 Å². The van der Waals surface area contributed by atoms with E-state index in [2.05, 4.69) is 5.32 Å². The summed E-state index contributed by atoms with van der Waals surface area (Å²) in [5.41, 5.74) is 1.33. The molecule has 2 atom stereocenters. The number of benzene rings is 1. The number of fused-ring (bicyclic) bond motifs is 1. The lowest BCUT2D eigenvalue weighted by molar-refractivity contribution is -0.154. The van der Waals surface area contributed by atoms with Crippen LogP contribution in [-0.4, -0.2) is 47.7 Å². The van der Waals surface area contributed by atoms with Crippen LogP contribution >= 0.6 is 0 Å². The molecule has 2 amide bonds. The predicted octanol–water partition coefficient (Wildman–Crippen LogP) is 2.03. The number of carbonyl (C=O) groups is 3. The van der Waals surface area contributed by atoms with Crippen molar-refractivity contribution in [2.45, 2.75) is 58.3 Å². The van der Waals surface area contributed by atoms with Crippen molar-refractivity contribution in [1.29, 1.82) is 0 Å². The Morgan fingerprint density at radius 1 is 1.19 bits per heavy atom. The maximum atomic E-state index is 12.9. The highest BCUT2D eigenvalue weighted by atomic mass is 16.6. The molecule has 0 spiro atoms. The minimum atomic E-state index is -0.831. The van der Waals surface area contributed by atoms with Gasteiger partial charge in [-0.25, -0.2) is 9.59 Å². The van der Waals surface area contributed by atoms with Crippen LogP contribution in [0.3, 0.4) is 0 Å². The summed E-state index contributed by atoms with van der Waals surface area (Å²) < 4.78 is 10.1. The molecule has 142 valence electrons. The van der Waals surface area contributed by atoms with Crippen molar-refractivity contribution < 1.29 is 23.9 Å². The largest absolute Gasteiger partial charge is 0.467 e. The Bertz CT molecular complexity index is 695. The molecule has 1 aromatic carbocycles. The molecule has 26 heavy (non-hydrogen) atoms. The summed E-state index contributed by atoms with van der Waals surface area (Å²) >= 11 is 0. The second kappa shape index (κ2) is 7.76. The van der Waals surface area contributed by atoms with Crippen LogP contribution in [0.25, 0.3) is 0 Å². The van der Waals surface area contributed by atoms with E-state index in [1.165, 1.54) is 12.0 Å². The van der Waals surface area contributed by atoms with Crippen LogP contribution in [0.4, 0.5) is 4.79 Å². The lowest BCUT2D eigenvalue weighted by Gasteiger charge is -2.36. The predicted molar refractivity (Wildman–Crippen MR) is 95.3 cm³/mol. The Morgan fingerprint density at radius 2 is 1.81 bits per heavy atom. The molecular weight excluding hydrogens is 336 g/mol. The number of ether oxygens (including phenoxy) is 2. The summed E-state index contributed by atoms with van der Waals surface area (Å²) in [5.74, 6) is -0.835. The maximum Gasteiger partial charge on any atom is 0.408 e. The summed E-state index contributed by atoms with van der Waals surface area (Å²) in [6.45, 7) is 7.09. The molecule has 0 fully saturated rings. The molecule has 0 saturated carbocycles. The number of methoxy groups -OCH3 is 1. The zero-order valence-electron chi connectivity index (χ0n) is 15.9. The molecule has 7 heteroatoms. The van der Waals surface area contributed by atoms with E-state index in [1.54, 1.807) is 27.7 Å². The van der Waals surface area contributed by atoms with Gasteiger partial charge in [-0.05, 0) is 38.8 Å². The van der Waals surface area contributed by atoms with Crippen molar-refractivity contribution in [1.82, 2.24) is 10.2 Å². The van der Waals surface area contributed by atoms with E-state index in [0.717, 1.165) is 11.1 Å². The van der Waals surface area contributed by atoms with Crippen molar-refractivity contribution in [2.24, 2.45) is 0 Å². The third kappa shape index (κ3) is 4.74. The lowest BCUT2D eigenvalue weighted by atomic mass is 9.93. The number of esters is 1. The number of rotatable bonds is 3. The second-order valence-electron chi connectivity index (χ2n) is 7.35. The summed E-state index contributed by atoms with van der Waals surface area (Å²) in [7, 11) is 1.30. The Morgan fingerprint density at radius 3 is 2.38 bits per heavy atom. The molecule has 0 bridgehead atoms. The van der Waals surface area contributed by atoms with E-state index in [0.29, 0.717) is 6.42 Å². The first-order chi connectivity index (χ1) is 12.1. The quantitative estimate of drug-likeness (QED) is 0.832. The summed E-state index contributed by atoms with van der Waals surface area (Å²) in [6, 6.07) is 6.11. The van der Waals surface area contributed by atoms with Gasteiger partial charge in [0.05, 0.1) is 7.11 Å². The van der Waals surface area contributed by atoms with Crippen LogP contribution in [0.1, 0.15) is 38.8 Å². The molecule has 1 heterocycles. The summed E-state index contributed by atoms with van der Waals surface area (Å²) in [5, 5.41) is 2.53. The molecule has 0 aliphatic carbocycles. The fourth-order valence-electron chi connectivity index (χ4n) is 2.90. The zero-order valence-corrected chi connectivity index (χ0v) is 15.9. The number of alkyl carbamates (subject to hydrolysis) is 1. The fourth-order valence-corrected chi connectivity index (χ4v) is 2.90. The smallest absolute Gasteiger partial charge is 0.408 e. The molecule has 1 aliphatic heterocycles. The third-order valence-electron chi connectivity index (χ3n) is 4.11. The number of hydrogen-bond donors (Lipinski definition) is 1. The number of nitrogens with one attached hydrogen (secondary N) is 1. The average molecular weight is 362 g/mol. The average Bonchev–Trinajstić information content (AvgIpc) is 2.57. The van der Waals surface area contributed by atoms with Gasteiger partial charge >= 0.3 is 12.1 Å². The standard InChI is InChI=1S/C19H26N2O5/c1-12(20-18(24)26-19(2,3)4)16(22)21-11-14-9-7-6-8-13(14)10-15(21)17(23)25-5/h6-9,12,15H,10-11H2,1-5H3,(H,20,24)/t12?,15-/m0/s1. The molecule has 1 aromatic rings. The van der Waals surface area contributed by atoms with Gasteiger partial charge in [0.25, 0.3) is 0 Å². The van der Waals surface area contributed by atoms with Crippen LogP contribution in [0.5, 0.6) is 0 Å². The van der Waals surface area contributed by atoms with E-state index in [-0.39, 0.29) is 12.5 Å². The van der Waals surface area contributed by atoms with E-state index < -0.39 is 29.7 Å². The molecule has 0 aromatic heterocycles. The SMILES string of the molecule is COC(=O)[C@@H]1Cc2ccccc2CN1C(=O)C(C)NC(=O)OC(C)(C)C. The maximum absolute atomic E-state index is 12.9. The monoisotopic (exact) mass is 362 g/mol. The van der Waals surface area contributed by atoms with E-state index in [4.69, 9.17) is 9.47 Å². The van der Waals surface area contributed by atoms with Gasteiger partial charge in [-0.2, -0.15) is 0 Å². The highest BCUT2D eigenvalue weighted by molar-refractivity contribution is 5.90. The lowest BCUT2D eigenvalue weighted by Crippen LogP contribution is -2.55. The van der Waals surface area contributed by atoms with Crippen molar-refractivity contribution in [3.05, 3.63) is 35.4 Å². The van der Waals surface area contributed by atoms with Gasteiger partial charge in [-0.1, -0.05) is 24.3 Å². The fraction of sp³-hybridized carbons (Fsp3) is 0.526. The topological polar surface area (TPSA) is 84.9 Å². The van der Waals surface area contributed by atoms with Gasteiger partial charge in [0.2, 0.25) is 5.91 Å². The third-order valence-corrected chi connectivity index (χ3v) is 4.11. The van der Waals surface area contributed by atoms with Crippen LogP contribution in [0.2, 0.25) is 0 Å². The Kier molecular flexibility index (Phi) is 5.90. The number of hydrogen-bond acceptors (Lipinski definition) is 5. The van der Waals surface area contributed by atoms with Crippen molar-refractivity contribution >= 4 is 18.0 Å². The molecule has 0 radical (unpaired) electrons. The Balaban J connectivity index is 2.16. The molecule has 1 unspecified atom stereocenters. The zero-order chi connectivity index (χ0) is 19.5. The van der Waals surface area contributed by atoms with Gasteiger partial charge in [-0.15, -0.1) is 0 Å². The van der Waals surface area contributed by atoms with Crippen molar-refractivity contribution in [3.8, 4) is 0 Å². The van der Waals surface area contributed by atoms with Crippen LogP contribution in [0.15, 0.2) is 24.3 Å². The van der Waals surface area contributed by atoms with Crippen LogP contribution < -0.4 is 5.32 Å². The second-order valence-corrected chi connectivity index (χ2v) is 7.35. The minimum Gasteiger partial charge on any atom is -0.467 e. The molecule has 2 rings (SSSR count). The van der Waals surface area contributed by atoms with Crippen LogP contribution in [0, 0.1) is 0 Å². The summed E-state index contributed by atoms with van der Waals surface area (Å²) in [4.78, 5) is 38.5. The Hall–Kier alpha value is -2.57. The molecule has 1 N–H and O–H groups in total. The molecule has 0 saturated heterocycles. The van der Waals surface area contributed by atoms with E-state index in [9.17, 15) is 14.4 Å². The first-order valence-corrected chi connectivity index (χ1v) is 8.57. The van der Waals surface area contributed by atoms with Crippen LogP contribution in [-0.2, 0) is 32.0 Å². The summed E-state index contributed by atoms with van der Waals surface area (Å²) in [6.07, 6.45) is -0.293. The molecular formula is C19H26N2O5.